The minimum atomic E-state index is -3.40. The van der Waals surface area contributed by atoms with Crippen molar-refractivity contribution in [3.05, 3.63) is 35.9 Å². The average molecular weight is 299 g/mol. The summed E-state index contributed by atoms with van der Waals surface area (Å²) in [5, 5.41) is 2.55. The molecule has 0 heterocycles. The predicted molar refractivity (Wildman–Crippen MR) is 78.3 cm³/mol. The summed E-state index contributed by atoms with van der Waals surface area (Å²) in [4.78, 5) is 11.4. The normalized spacial score (nSPS) is 12.9. The highest BCUT2D eigenvalue weighted by Crippen LogP contribution is 1.98. The van der Waals surface area contributed by atoms with Crippen molar-refractivity contribution < 1.29 is 13.2 Å². The molecule has 7 heteroatoms. The Morgan fingerprint density at radius 3 is 2.55 bits per heavy atom. The van der Waals surface area contributed by atoms with Crippen molar-refractivity contribution in [2.75, 3.05) is 18.8 Å². The third kappa shape index (κ3) is 6.14. The lowest BCUT2D eigenvalue weighted by Crippen LogP contribution is -2.38. The van der Waals surface area contributed by atoms with Gasteiger partial charge in [-0.15, -0.1) is 0 Å². The minimum Gasteiger partial charge on any atom is -0.355 e. The predicted octanol–water partition coefficient (Wildman–Crippen LogP) is -0.183. The number of rotatable bonds is 8. The van der Waals surface area contributed by atoms with Crippen molar-refractivity contribution in [3.8, 4) is 0 Å². The van der Waals surface area contributed by atoms with Gasteiger partial charge in [0, 0.05) is 25.6 Å². The Balaban J connectivity index is 2.33. The van der Waals surface area contributed by atoms with Crippen molar-refractivity contribution in [2.45, 2.75) is 13.5 Å². The molecule has 0 fully saturated rings. The fourth-order valence-corrected chi connectivity index (χ4v) is 2.35. The van der Waals surface area contributed by atoms with Crippen LogP contribution in [0.25, 0.3) is 0 Å². The van der Waals surface area contributed by atoms with Gasteiger partial charge in [0.2, 0.25) is 15.9 Å². The van der Waals surface area contributed by atoms with Crippen LogP contribution in [0.4, 0.5) is 0 Å². The van der Waals surface area contributed by atoms with E-state index in [2.05, 4.69) is 10.0 Å². The van der Waals surface area contributed by atoms with Gasteiger partial charge >= 0.3 is 0 Å². The molecule has 1 unspecified atom stereocenters. The number of benzene rings is 1. The number of nitrogens with one attached hydrogen (secondary N) is 2. The highest BCUT2D eigenvalue weighted by Gasteiger charge is 2.13. The van der Waals surface area contributed by atoms with Crippen LogP contribution in [0.15, 0.2) is 30.3 Å². The Morgan fingerprint density at radius 1 is 1.30 bits per heavy atom. The fraction of sp³-hybridized carbons (Fsp3) is 0.462. The van der Waals surface area contributed by atoms with Gasteiger partial charge in [-0.3, -0.25) is 4.79 Å². The number of hydrogen-bond acceptors (Lipinski definition) is 4. The maximum atomic E-state index is 11.7. The van der Waals surface area contributed by atoms with Crippen molar-refractivity contribution in [1.82, 2.24) is 10.0 Å². The lowest BCUT2D eigenvalue weighted by Gasteiger charge is -2.10. The van der Waals surface area contributed by atoms with Gasteiger partial charge < -0.3 is 11.1 Å². The molecule has 20 heavy (non-hydrogen) atoms. The Morgan fingerprint density at radius 2 is 1.95 bits per heavy atom. The minimum absolute atomic E-state index is 0.0767. The van der Waals surface area contributed by atoms with Crippen LogP contribution in [-0.2, 0) is 21.4 Å². The summed E-state index contributed by atoms with van der Waals surface area (Å²) in [5.41, 5.74) is 6.24. The van der Waals surface area contributed by atoms with E-state index in [0.717, 1.165) is 5.56 Å². The van der Waals surface area contributed by atoms with Crippen molar-refractivity contribution in [1.29, 1.82) is 0 Å². The summed E-state index contributed by atoms with van der Waals surface area (Å²) in [6.07, 6.45) is 0. The Labute approximate surface area is 119 Å². The van der Waals surface area contributed by atoms with Gasteiger partial charge in [-0.25, -0.2) is 13.1 Å². The SMILES string of the molecule is CC(CN)C(=O)NCCS(=O)(=O)NCc1ccccc1. The molecule has 0 radical (unpaired) electrons. The van der Waals surface area contributed by atoms with Crippen molar-refractivity contribution >= 4 is 15.9 Å². The van der Waals surface area contributed by atoms with E-state index in [9.17, 15) is 13.2 Å². The molecule has 0 aliphatic heterocycles. The number of amides is 1. The van der Waals surface area contributed by atoms with E-state index in [0.29, 0.717) is 0 Å². The molecule has 1 rings (SSSR count). The molecule has 0 aliphatic carbocycles. The van der Waals surface area contributed by atoms with Gasteiger partial charge in [0.25, 0.3) is 0 Å². The van der Waals surface area contributed by atoms with Gasteiger partial charge in [-0.2, -0.15) is 0 Å². The molecule has 0 saturated carbocycles. The molecule has 0 saturated heterocycles. The monoisotopic (exact) mass is 299 g/mol. The van der Waals surface area contributed by atoms with E-state index in [1.54, 1.807) is 6.92 Å². The molecule has 0 aliphatic rings. The number of nitrogens with two attached hydrogens (primary N) is 1. The van der Waals surface area contributed by atoms with Crippen LogP contribution in [0.1, 0.15) is 12.5 Å². The van der Waals surface area contributed by atoms with Crippen LogP contribution in [0.3, 0.4) is 0 Å². The molecule has 0 bridgehead atoms. The van der Waals surface area contributed by atoms with E-state index < -0.39 is 10.0 Å². The molecule has 112 valence electrons. The summed E-state index contributed by atoms with van der Waals surface area (Å²) in [7, 11) is -3.40. The zero-order chi connectivity index (χ0) is 15.0. The molecular formula is C13H21N3O3S. The van der Waals surface area contributed by atoms with Crippen LogP contribution >= 0.6 is 0 Å². The first kappa shape index (κ1) is 16.6. The first-order valence-electron chi connectivity index (χ1n) is 6.43. The van der Waals surface area contributed by atoms with Crippen molar-refractivity contribution in [2.24, 2.45) is 11.7 Å². The maximum Gasteiger partial charge on any atom is 0.224 e. The summed E-state index contributed by atoms with van der Waals surface area (Å²) in [5.74, 6) is -0.691. The number of carbonyl (C=O) groups is 1. The zero-order valence-corrected chi connectivity index (χ0v) is 12.3. The van der Waals surface area contributed by atoms with Gasteiger partial charge in [0.1, 0.15) is 0 Å². The summed E-state index contributed by atoms with van der Waals surface area (Å²) in [6, 6.07) is 9.24. The second kappa shape index (κ2) is 7.98. The third-order valence-corrected chi connectivity index (χ3v) is 4.14. The standard InChI is InChI=1S/C13H21N3O3S/c1-11(9-14)13(17)15-7-8-20(18,19)16-10-12-5-3-2-4-6-12/h2-6,11,16H,7-10,14H2,1H3,(H,15,17). The largest absolute Gasteiger partial charge is 0.355 e. The molecule has 1 amide bonds. The van der Waals surface area contributed by atoms with Crippen LogP contribution in [0.5, 0.6) is 0 Å². The summed E-state index contributed by atoms with van der Waals surface area (Å²) in [6.45, 7) is 2.26. The van der Waals surface area contributed by atoms with Gasteiger partial charge in [0.15, 0.2) is 0 Å². The van der Waals surface area contributed by atoms with Crippen LogP contribution in [0, 0.1) is 5.92 Å². The Hall–Kier alpha value is -1.44. The molecule has 6 nitrogen and oxygen atoms in total. The highest BCUT2D eigenvalue weighted by molar-refractivity contribution is 7.89. The second-order valence-corrected chi connectivity index (χ2v) is 6.48. The van der Waals surface area contributed by atoms with Gasteiger partial charge in [0.05, 0.1) is 5.75 Å². The second-order valence-electron chi connectivity index (χ2n) is 4.55. The Kier molecular flexibility index (Phi) is 6.63. The highest BCUT2D eigenvalue weighted by atomic mass is 32.2. The first-order chi connectivity index (χ1) is 9.44. The molecule has 1 atom stereocenters. The summed E-state index contributed by atoms with van der Waals surface area (Å²) >= 11 is 0. The topological polar surface area (TPSA) is 101 Å². The van der Waals surface area contributed by atoms with E-state index >= 15 is 0 Å². The smallest absolute Gasteiger partial charge is 0.224 e. The van der Waals surface area contributed by atoms with Crippen molar-refractivity contribution in [3.63, 3.8) is 0 Å². The first-order valence-corrected chi connectivity index (χ1v) is 8.09. The lowest BCUT2D eigenvalue weighted by molar-refractivity contribution is -0.124. The lowest BCUT2D eigenvalue weighted by atomic mass is 10.2. The molecule has 4 N–H and O–H groups in total. The molecule has 0 spiro atoms. The summed E-state index contributed by atoms with van der Waals surface area (Å²) < 4.78 is 26.0. The number of sulfonamides is 1. The average Bonchev–Trinajstić information content (AvgIpc) is 2.45. The fourth-order valence-electron chi connectivity index (χ4n) is 1.45. The number of hydrogen-bond donors (Lipinski definition) is 3. The van der Waals surface area contributed by atoms with E-state index in [4.69, 9.17) is 5.73 Å². The quantitative estimate of drug-likeness (QED) is 0.619. The molecule has 1 aromatic rings. The van der Waals surface area contributed by atoms with Crippen LogP contribution < -0.4 is 15.8 Å². The van der Waals surface area contributed by atoms with E-state index in [1.165, 1.54) is 0 Å². The van der Waals surface area contributed by atoms with E-state index in [-0.39, 0.29) is 37.2 Å². The zero-order valence-electron chi connectivity index (χ0n) is 11.5. The maximum absolute atomic E-state index is 11.7. The van der Waals surface area contributed by atoms with Gasteiger partial charge in [-0.1, -0.05) is 37.3 Å². The van der Waals surface area contributed by atoms with Crippen LogP contribution in [0.2, 0.25) is 0 Å². The van der Waals surface area contributed by atoms with Gasteiger partial charge in [-0.05, 0) is 5.56 Å². The molecule has 0 aromatic heterocycles. The molecular weight excluding hydrogens is 278 g/mol. The Bertz CT molecular complexity index is 517. The molecule has 1 aromatic carbocycles. The van der Waals surface area contributed by atoms with E-state index in [1.807, 2.05) is 30.3 Å². The number of carbonyl (C=O) groups excluding carboxylic acids is 1. The van der Waals surface area contributed by atoms with Crippen LogP contribution in [-0.4, -0.2) is 33.2 Å². The third-order valence-electron chi connectivity index (χ3n) is 2.81.